The van der Waals surface area contributed by atoms with E-state index in [0.29, 0.717) is 11.1 Å². The minimum absolute atomic E-state index is 0.00297. The molecule has 0 saturated carbocycles. The quantitative estimate of drug-likeness (QED) is 0.788. The van der Waals surface area contributed by atoms with Crippen molar-refractivity contribution >= 4 is 21.7 Å². The molecule has 102 valence electrons. The molecule has 0 radical (unpaired) electrons. The van der Waals surface area contributed by atoms with Crippen LogP contribution < -0.4 is 4.74 Å². The zero-order chi connectivity index (χ0) is 14.6. The van der Waals surface area contributed by atoms with Gasteiger partial charge in [0.25, 0.3) is 0 Å². The van der Waals surface area contributed by atoms with Gasteiger partial charge in [0.05, 0.1) is 17.3 Å². The van der Waals surface area contributed by atoms with E-state index < -0.39 is 16.9 Å². The minimum atomic E-state index is -4.80. The summed E-state index contributed by atoms with van der Waals surface area (Å²) in [7, 11) is 0. The van der Waals surface area contributed by atoms with Crippen molar-refractivity contribution in [3.05, 3.63) is 29.3 Å². The molecule has 1 aromatic carbocycles. The zero-order valence-corrected chi connectivity index (χ0v) is 11.4. The number of halogens is 4. The van der Waals surface area contributed by atoms with Crippen LogP contribution >= 0.6 is 15.9 Å². The van der Waals surface area contributed by atoms with Gasteiger partial charge < -0.3 is 4.74 Å². The second-order valence-electron chi connectivity index (χ2n) is 3.72. The first-order valence-electron chi connectivity index (χ1n) is 5.14. The Bertz CT molecular complexity index is 523. The van der Waals surface area contributed by atoms with Crippen LogP contribution in [0.3, 0.4) is 0 Å². The number of nitriles is 1. The van der Waals surface area contributed by atoms with E-state index >= 15 is 0 Å². The van der Waals surface area contributed by atoms with Crippen molar-refractivity contribution in [1.29, 1.82) is 5.26 Å². The molecule has 19 heavy (non-hydrogen) atoms. The minimum Gasteiger partial charge on any atom is -0.406 e. The summed E-state index contributed by atoms with van der Waals surface area (Å²) in [6.07, 6.45) is -4.80. The number of carbonyl (C=O) groups is 1. The van der Waals surface area contributed by atoms with Crippen molar-refractivity contribution in [2.24, 2.45) is 0 Å². The highest BCUT2D eigenvalue weighted by Gasteiger charge is 2.31. The number of ether oxygens (including phenoxy) is 1. The molecular weight excluding hydrogens is 327 g/mol. The first kappa shape index (κ1) is 15.5. The molecule has 0 fully saturated rings. The fraction of sp³-hybridized carbons (Fsp3) is 0.333. The highest BCUT2D eigenvalue weighted by Crippen LogP contribution is 2.32. The van der Waals surface area contributed by atoms with E-state index in [0.717, 1.165) is 12.1 Å². The lowest BCUT2D eigenvalue weighted by Gasteiger charge is -2.14. The van der Waals surface area contributed by atoms with Crippen LogP contribution in [0.15, 0.2) is 18.2 Å². The number of carbonyl (C=O) groups excluding carboxylic acids is 1. The fourth-order valence-corrected chi connectivity index (χ4v) is 1.90. The lowest BCUT2D eigenvalue weighted by atomic mass is 10.0. The Hall–Kier alpha value is -1.55. The Morgan fingerprint density at radius 2 is 2.16 bits per heavy atom. The maximum Gasteiger partial charge on any atom is 0.573 e. The Morgan fingerprint density at radius 1 is 1.53 bits per heavy atom. The summed E-state index contributed by atoms with van der Waals surface area (Å²) < 4.78 is 40.2. The number of hydrogen-bond donors (Lipinski definition) is 0. The van der Waals surface area contributed by atoms with Crippen molar-refractivity contribution in [2.75, 3.05) is 0 Å². The molecule has 1 atom stereocenters. The summed E-state index contributed by atoms with van der Waals surface area (Å²) in [6, 6.07) is 5.46. The van der Waals surface area contributed by atoms with E-state index in [1.54, 1.807) is 0 Å². The largest absolute Gasteiger partial charge is 0.573 e. The Morgan fingerprint density at radius 3 is 2.63 bits per heavy atom. The number of hydrogen-bond acceptors (Lipinski definition) is 3. The Labute approximate surface area is 116 Å². The van der Waals surface area contributed by atoms with Crippen LogP contribution in [0.25, 0.3) is 0 Å². The normalized spacial score (nSPS) is 12.6. The number of rotatable bonds is 4. The maximum absolute atomic E-state index is 12.1. The van der Waals surface area contributed by atoms with Crippen LogP contribution in [0, 0.1) is 11.3 Å². The molecule has 3 nitrogen and oxygen atoms in total. The van der Waals surface area contributed by atoms with Gasteiger partial charge in [-0.05, 0) is 30.2 Å². The molecule has 0 aliphatic heterocycles. The van der Waals surface area contributed by atoms with Crippen LogP contribution in [-0.2, 0) is 11.2 Å². The topological polar surface area (TPSA) is 50.1 Å². The summed E-state index contributed by atoms with van der Waals surface area (Å²) in [5, 5.41) is 8.66. The molecule has 0 aromatic heterocycles. The van der Waals surface area contributed by atoms with Crippen molar-refractivity contribution in [2.45, 2.75) is 24.5 Å². The van der Waals surface area contributed by atoms with Gasteiger partial charge in [0, 0.05) is 0 Å². The highest BCUT2D eigenvalue weighted by atomic mass is 79.9. The first-order valence-corrected chi connectivity index (χ1v) is 6.06. The highest BCUT2D eigenvalue weighted by molar-refractivity contribution is 9.09. The zero-order valence-electron chi connectivity index (χ0n) is 9.79. The van der Waals surface area contributed by atoms with Gasteiger partial charge >= 0.3 is 6.36 Å². The molecule has 1 rings (SSSR count). The SMILES string of the molecule is CC(=O)C(Br)c1cc(OC(F)(F)F)ccc1CC#N. The molecular formula is C12H9BrF3NO2. The van der Waals surface area contributed by atoms with E-state index in [4.69, 9.17) is 5.26 Å². The number of ketones is 1. The van der Waals surface area contributed by atoms with E-state index in [1.807, 2.05) is 6.07 Å². The van der Waals surface area contributed by atoms with Gasteiger partial charge in [-0.3, -0.25) is 4.79 Å². The van der Waals surface area contributed by atoms with Crippen LogP contribution in [0.5, 0.6) is 5.75 Å². The van der Waals surface area contributed by atoms with Gasteiger partial charge in [-0.2, -0.15) is 5.26 Å². The Kier molecular flexibility index (Phi) is 4.95. The molecule has 0 aliphatic rings. The molecule has 1 aromatic rings. The average Bonchev–Trinajstić information content (AvgIpc) is 2.28. The summed E-state index contributed by atoms with van der Waals surface area (Å²) in [6.45, 7) is 1.30. The predicted molar refractivity (Wildman–Crippen MR) is 64.8 cm³/mol. The fourth-order valence-electron chi connectivity index (χ4n) is 1.47. The van der Waals surface area contributed by atoms with E-state index in [9.17, 15) is 18.0 Å². The average molecular weight is 336 g/mol. The van der Waals surface area contributed by atoms with Crippen LogP contribution in [-0.4, -0.2) is 12.1 Å². The van der Waals surface area contributed by atoms with Crippen molar-refractivity contribution in [1.82, 2.24) is 0 Å². The van der Waals surface area contributed by atoms with E-state index in [2.05, 4.69) is 20.7 Å². The summed E-state index contributed by atoms with van der Waals surface area (Å²) in [4.78, 5) is 10.5. The number of benzene rings is 1. The third kappa shape index (κ3) is 4.56. The van der Waals surface area contributed by atoms with Crippen molar-refractivity contribution in [3.63, 3.8) is 0 Å². The molecule has 0 amide bonds. The summed E-state index contributed by atoms with van der Waals surface area (Å²) >= 11 is 3.09. The van der Waals surface area contributed by atoms with Crippen LogP contribution in [0.4, 0.5) is 13.2 Å². The van der Waals surface area contributed by atoms with E-state index in [-0.39, 0.29) is 12.2 Å². The van der Waals surface area contributed by atoms with Crippen LogP contribution in [0.2, 0.25) is 0 Å². The van der Waals surface area contributed by atoms with Gasteiger partial charge in [-0.25, -0.2) is 0 Å². The summed E-state index contributed by atoms with van der Waals surface area (Å²) in [5.74, 6) is -0.696. The molecule has 0 heterocycles. The Balaban J connectivity index is 3.19. The van der Waals surface area contributed by atoms with Gasteiger partial charge in [0.15, 0.2) is 0 Å². The molecule has 1 unspecified atom stereocenters. The molecule has 7 heteroatoms. The predicted octanol–water partition coefficient (Wildman–Crippen LogP) is 3.68. The van der Waals surface area contributed by atoms with Crippen molar-refractivity contribution in [3.8, 4) is 11.8 Å². The molecule has 0 aliphatic carbocycles. The third-order valence-corrected chi connectivity index (χ3v) is 3.39. The summed E-state index contributed by atoms with van der Waals surface area (Å²) in [5.41, 5.74) is 0.782. The van der Waals surface area contributed by atoms with Crippen LogP contribution in [0.1, 0.15) is 22.9 Å². The molecule has 0 N–H and O–H groups in total. The van der Waals surface area contributed by atoms with Crippen molar-refractivity contribution < 1.29 is 22.7 Å². The molecule has 0 bridgehead atoms. The number of alkyl halides is 4. The lowest BCUT2D eigenvalue weighted by molar-refractivity contribution is -0.274. The molecule has 0 saturated heterocycles. The third-order valence-electron chi connectivity index (χ3n) is 2.25. The van der Waals surface area contributed by atoms with Gasteiger partial charge in [0.2, 0.25) is 0 Å². The molecule has 0 spiro atoms. The lowest BCUT2D eigenvalue weighted by Crippen LogP contribution is -2.17. The monoisotopic (exact) mass is 335 g/mol. The number of Topliss-reactive ketones (excluding diaryl/α,β-unsaturated/α-hetero) is 1. The number of nitrogens with zero attached hydrogens (tertiary/aromatic N) is 1. The standard InChI is InChI=1S/C12H9BrF3NO2/c1-7(18)11(13)10-6-9(19-12(14,15)16)3-2-8(10)4-5-17/h2-3,6,11H,4H2,1H3. The van der Waals surface area contributed by atoms with E-state index in [1.165, 1.54) is 13.0 Å². The smallest absolute Gasteiger partial charge is 0.406 e. The van der Waals surface area contributed by atoms with Gasteiger partial charge in [-0.1, -0.05) is 22.0 Å². The first-order chi connectivity index (χ1) is 8.74. The second-order valence-corrected chi connectivity index (χ2v) is 4.63. The van der Waals surface area contributed by atoms with Gasteiger partial charge in [-0.15, -0.1) is 13.2 Å². The second kappa shape index (κ2) is 6.06. The van der Waals surface area contributed by atoms with Gasteiger partial charge in [0.1, 0.15) is 11.5 Å². The maximum atomic E-state index is 12.1.